The Balaban J connectivity index is 1.95. The van der Waals surface area contributed by atoms with Gasteiger partial charge in [-0.2, -0.15) is 26.3 Å². The molecule has 6 nitrogen and oxygen atoms in total. The van der Waals surface area contributed by atoms with Crippen molar-refractivity contribution in [3.63, 3.8) is 0 Å². The Hall–Kier alpha value is -1.44. The lowest BCUT2D eigenvalue weighted by Gasteiger charge is -2.39. The van der Waals surface area contributed by atoms with Crippen LogP contribution in [0.1, 0.15) is 25.7 Å². The van der Waals surface area contributed by atoms with Gasteiger partial charge in [-0.1, -0.05) is 0 Å². The molecule has 3 heterocycles. The maximum absolute atomic E-state index is 13.6. The quantitative estimate of drug-likeness (QED) is 0.579. The van der Waals surface area contributed by atoms with Crippen molar-refractivity contribution in [3.8, 4) is 0 Å². The molecule has 0 spiro atoms. The summed E-state index contributed by atoms with van der Waals surface area (Å²) in [5, 5.41) is 4.43. The van der Waals surface area contributed by atoms with Gasteiger partial charge in [0.25, 0.3) is 0 Å². The van der Waals surface area contributed by atoms with Crippen molar-refractivity contribution in [2.24, 2.45) is 0 Å². The van der Waals surface area contributed by atoms with E-state index in [-0.39, 0.29) is 31.4 Å². The molecule has 0 saturated carbocycles. The van der Waals surface area contributed by atoms with E-state index in [1.807, 2.05) is 0 Å². The van der Waals surface area contributed by atoms with Gasteiger partial charge in [0, 0.05) is 17.9 Å². The molecule has 1 aromatic rings. The zero-order valence-electron chi connectivity index (χ0n) is 14.0. The summed E-state index contributed by atoms with van der Waals surface area (Å²) in [4.78, 5) is 7.30. The van der Waals surface area contributed by atoms with Gasteiger partial charge in [0.15, 0.2) is 0 Å². The van der Waals surface area contributed by atoms with Gasteiger partial charge < -0.3 is 9.31 Å². The summed E-state index contributed by atoms with van der Waals surface area (Å²) in [7, 11) is -1.98. The van der Waals surface area contributed by atoms with E-state index in [1.54, 1.807) is 0 Å². The van der Waals surface area contributed by atoms with Gasteiger partial charge in [-0.15, -0.1) is 0 Å². The fourth-order valence-electron chi connectivity index (χ4n) is 3.21. The minimum Gasteiger partial charge on any atom is -0.381 e. The van der Waals surface area contributed by atoms with Crippen LogP contribution in [0.5, 0.6) is 0 Å². The van der Waals surface area contributed by atoms with E-state index in [9.17, 15) is 26.3 Å². The van der Waals surface area contributed by atoms with E-state index >= 15 is 0 Å². The van der Waals surface area contributed by atoms with Gasteiger partial charge in [0.2, 0.25) is 11.4 Å². The van der Waals surface area contributed by atoms with Crippen molar-refractivity contribution < 1.29 is 35.7 Å². The van der Waals surface area contributed by atoms with Crippen molar-refractivity contribution in [2.75, 3.05) is 13.1 Å². The number of nitrogens with one attached hydrogen (secondary N) is 2. The smallest absolute Gasteiger partial charge is 0.381 e. The largest absolute Gasteiger partial charge is 0.500 e. The molecule has 0 bridgehead atoms. The summed E-state index contributed by atoms with van der Waals surface area (Å²) < 4.78 is 92.0. The second kappa shape index (κ2) is 7.19. The third-order valence-corrected chi connectivity index (χ3v) is 4.62. The molecule has 3 rings (SSSR count). The summed E-state index contributed by atoms with van der Waals surface area (Å²) in [6.45, 7) is 0.0281. The third kappa shape index (κ3) is 3.91. The van der Waals surface area contributed by atoms with E-state index in [2.05, 4.69) is 20.6 Å². The van der Waals surface area contributed by atoms with Crippen LogP contribution in [0.3, 0.4) is 0 Å². The molecule has 2 N–H and O–H groups in total. The first kappa shape index (κ1) is 20.3. The van der Waals surface area contributed by atoms with E-state index in [1.165, 1.54) is 0 Å². The highest BCUT2D eigenvalue weighted by molar-refractivity contribution is 6.61. The molecule has 0 radical (unpaired) electrons. The lowest BCUT2D eigenvalue weighted by molar-refractivity contribution is -0.278. The number of aromatic nitrogens is 2. The van der Waals surface area contributed by atoms with Crippen molar-refractivity contribution in [1.29, 1.82) is 0 Å². The number of alkyl halides is 6. The van der Waals surface area contributed by atoms with Gasteiger partial charge in [0.05, 0.1) is 0 Å². The van der Waals surface area contributed by atoms with Crippen LogP contribution in [-0.2, 0) is 9.31 Å². The van der Waals surface area contributed by atoms with Crippen LogP contribution >= 0.6 is 0 Å². The average molecular weight is 398 g/mol. The van der Waals surface area contributed by atoms with Crippen molar-refractivity contribution >= 4 is 12.6 Å². The fourth-order valence-corrected chi connectivity index (χ4v) is 3.21. The normalized spacial score (nSPS) is 29.3. The SMILES string of the molecule is FC(F)(F)[C@@]1(OB(O[C@]2(C(F)(F)F)CCCN2)c2cncnc2)CCCN1. The molecular formula is C14H17BF6N4O2. The topological polar surface area (TPSA) is 68.3 Å². The molecule has 0 aromatic carbocycles. The first-order valence-corrected chi connectivity index (χ1v) is 8.33. The van der Waals surface area contributed by atoms with Crippen LogP contribution in [0.2, 0.25) is 0 Å². The second-order valence-corrected chi connectivity index (χ2v) is 6.45. The molecular weight excluding hydrogens is 381 g/mol. The first-order valence-electron chi connectivity index (χ1n) is 8.33. The summed E-state index contributed by atoms with van der Waals surface area (Å²) in [5.41, 5.74) is -5.76. The highest BCUT2D eigenvalue weighted by Crippen LogP contribution is 2.41. The van der Waals surface area contributed by atoms with Gasteiger partial charge in [0.1, 0.15) is 6.33 Å². The standard InChI is InChI=1S/C14H17BF6N4O2/c16-13(17,18)11(3-1-5-24-11)26-15(10-7-22-9-23-8-10)27-12(14(19,20)21)4-2-6-25-12/h7-9,24-25H,1-6H2/t11-,12-/m0/s1. The number of hydrogen-bond donors (Lipinski definition) is 2. The van der Waals surface area contributed by atoms with Crippen LogP contribution in [0, 0.1) is 0 Å². The van der Waals surface area contributed by atoms with Crippen LogP contribution in [0.15, 0.2) is 18.7 Å². The summed E-state index contributed by atoms with van der Waals surface area (Å²) in [6, 6.07) is 0. The molecule has 2 saturated heterocycles. The molecule has 1 aromatic heterocycles. The second-order valence-electron chi connectivity index (χ2n) is 6.45. The predicted molar refractivity (Wildman–Crippen MR) is 81.6 cm³/mol. The van der Waals surface area contributed by atoms with Gasteiger partial charge >= 0.3 is 19.5 Å². The molecule has 0 aliphatic carbocycles. The number of hydrogen-bond acceptors (Lipinski definition) is 6. The van der Waals surface area contributed by atoms with Gasteiger partial charge in [-0.25, -0.2) is 9.97 Å². The molecule has 2 aliphatic rings. The zero-order valence-corrected chi connectivity index (χ0v) is 14.0. The van der Waals surface area contributed by atoms with E-state index in [0.717, 1.165) is 18.7 Å². The van der Waals surface area contributed by atoms with Crippen molar-refractivity contribution in [3.05, 3.63) is 18.7 Å². The Kier molecular flexibility index (Phi) is 5.40. The first-order chi connectivity index (χ1) is 12.6. The molecule has 13 heteroatoms. The highest BCUT2D eigenvalue weighted by Gasteiger charge is 2.63. The van der Waals surface area contributed by atoms with E-state index in [4.69, 9.17) is 9.31 Å². The minimum absolute atomic E-state index is 0.0141. The monoisotopic (exact) mass is 398 g/mol. The van der Waals surface area contributed by atoms with Crippen molar-refractivity contribution in [1.82, 2.24) is 20.6 Å². The van der Waals surface area contributed by atoms with Crippen LogP contribution < -0.4 is 16.1 Å². The summed E-state index contributed by atoms with van der Waals surface area (Å²) >= 11 is 0. The van der Waals surface area contributed by atoms with Crippen LogP contribution in [0.25, 0.3) is 0 Å². The molecule has 0 unspecified atom stereocenters. The molecule has 27 heavy (non-hydrogen) atoms. The number of halogens is 6. The van der Waals surface area contributed by atoms with Crippen molar-refractivity contribution in [2.45, 2.75) is 49.5 Å². The number of rotatable bonds is 5. The predicted octanol–water partition coefficient (Wildman–Crippen LogP) is 1.49. The fraction of sp³-hybridized carbons (Fsp3) is 0.714. The van der Waals surface area contributed by atoms with Gasteiger partial charge in [-0.3, -0.25) is 10.6 Å². The molecule has 0 amide bonds. The lowest BCUT2D eigenvalue weighted by atomic mass is 9.79. The molecule has 150 valence electrons. The lowest BCUT2D eigenvalue weighted by Crippen LogP contribution is -2.65. The maximum atomic E-state index is 13.6. The molecule has 2 aliphatic heterocycles. The Morgan fingerprint density at radius 3 is 1.63 bits per heavy atom. The van der Waals surface area contributed by atoms with Crippen LogP contribution in [0.4, 0.5) is 26.3 Å². The average Bonchev–Trinajstić information content (AvgIpc) is 3.25. The Labute approximate surface area is 151 Å². The van der Waals surface area contributed by atoms with E-state index in [0.29, 0.717) is 0 Å². The minimum atomic E-state index is -4.85. The Bertz CT molecular complexity index is 597. The molecule has 2 atom stereocenters. The Morgan fingerprint density at radius 1 is 0.852 bits per heavy atom. The van der Waals surface area contributed by atoms with E-state index < -0.39 is 43.8 Å². The van der Waals surface area contributed by atoms with Crippen LogP contribution in [-0.4, -0.2) is 54.0 Å². The maximum Gasteiger partial charge on any atom is 0.500 e. The Morgan fingerprint density at radius 2 is 1.30 bits per heavy atom. The summed E-state index contributed by atoms with van der Waals surface area (Å²) in [5.74, 6) is 0. The van der Waals surface area contributed by atoms with Gasteiger partial charge in [-0.05, 0) is 38.8 Å². The highest BCUT2D eigenvalue weighted by atomic mass is 19.4. The summed E-state index contributed by atoms with van der Waals surface area (Å²) in [6.07, 6.45) is -7.06. The number of nitrogens with zero attached hydrogens (tertiary/aromatic N) is 2. The zero-order chi connectivity index (χ0) is 19.8. The third-order valence-electron chi connectivity index (χ3n) is 4.62. The molecule has 2 fully saturated rings.